The Morgan fingerprint density at radius 3 is 0.917 bits per heavy atom. The maximum Gasteiger partial charge on any atom is -0.0259 e. The molecule has 0 N–H and O–H groups in total. The Morgan fingerprint density at radius 1 is 0.458 bits per heavy atom. The van der Waals surface area contributed by atoms with Crippen LogP contribution in [0, 0.1) is 23.7 Å². The molecular formula is C24H38. The molecule has 134 valence electrons. The molecule has 0 spiro atoms. The van der Waals surface area contributed by atoms with E-state index in [4.69, 9.17) is 0 Å². The lowest BCUT2D eigenvalue weighted by Gasteiger charge is -1.98. The average Bonchev–Trinajstić information content (AvgIpc) is 2.50. The molecule has 0 aromatic heterocycles. The zero-order valence-electron chi connectivity index (χ0n) is 17.1. The third-order valence-electron chi connectivity index (χ3n) is 3.16. The van der Waals surface area contributed by atoms with Gasteiger partial charge in [0, 0.05) is 0 Å². The molecule has 0 nitrogen and oxygen atoms in total. The van der Waals surface area contributed by atoms with Crippen molar-refractivity contribution in [3.8, 4) is 0 Å². The van der Waals surface area contributed by atoms with E-state index in [2.05, 4.69) is 116 Å². The summed E-state index contributed by atoms with van der Waals surface area (Å²) in [5.74, 6) is 2.64. The standard InChI is InChI=1S/C16H22.C8H16/c1-13(2)5-7-15-9-11-16(12-10-15)8-6-14(3)4;1-7(2)5-6-8(3)4/h5-14H,1-4H3;5-8H,1-4H3/b7-5+,8-6+;6-5+. The molecule has 0 unspecified atom stereocenters. The van der Waals surface area contributed by atoms with Crippen molar-refractivity contribution in [2.75, 3.05) is 0 Å². The molecule has 1 rings (SSSR count). The predicted molar refractivity (Wildman–Crippen MR) is 113 cm³/mol. The van der Waals surface area contributed by atoms with Crippen LogP contribution in [-0.2, 0) is 0 Å². The summed E-state index contributed by atoms with van der Waals surface area (Å²) in [6.45, 7) is 17.5. The van der Waals surface area contributed by atoms with Gasteiger partial charge in [-0.15, -0.1) is 0 Å². The predicted octanol–water partition coefficient (Wildman–Crippen LogP) is 7.88. The molecule has 0 heteroatoms. The van der Waals surface area contributed by atoms with Crippen LogP contribution in [-0.4, -0.2) is 0 Å². The lowest BCUT2D eigenvalue weighted by atomic mass is 10.1. The molecule has 0 radical (unpaired) electrons. The van der Waals surface area contributed by atoms with Crippen LogP contribution in [0.2, 0.25) is 0 Å². The van der Waals surface area contributed by atoms with Crippen LogP contribution in [0.1, 0.15) is 66.5 Å². The van der Waals surface area contributed by atoms with Crippen LogP contribution in [0.15, 0.2) is 48.6 Å². The quantitative estimate of drug-likeness (QED) is 0.466. The fourth-order valence-corrected chi connectivity index (χ4v) is 1.77. The second-order valence-electron chi connectivity index (χ2n) is 7.75. The normalized spacial score (nSPS) is 12.3. The zero-order chi connectivity index (χ0) is 18.5. The summed E-state index contributed by atoms with van der Waals surface area (Å²) >= 11 is 0. The Morgan fingerprint density at radius 2 is 0.708 bits per heavy atom. The molecule has 0 aliphatic heterocycles. The summed E-state index contributed by atoms with van der Waals surface area (Å²) in [4.78, 5) is 0. The minimum atomic E-state index is 0.612. The van der Waals surface area contributed by atoms with E-state index in [1.807, 2.05) is 0 Å². The largest absolute Gasteiger partial charge is 0.0857 e. The minimum absolute atomic E-state index is 0.612. The first-order valence-electron chi connectivity index (χ1n) is 9.35. The fourth-order valence-electron chi connectivity index (χ4n) is 1.77. The van der Waals surface area contributed by atoms with Gasteiger partial charge in [-0.1, -0.05) is 116 Å². The Hall–Kier alpha value is -1.56. The van der Waals surface area contributed by atoms with Crippen molar-refractivity contribution in [1.29, 1.82) is 0 Å². The smallest absolute Gasteiger partial charge is 0.0259 e. The zero-order valence-corrected chi connectivity index (χ0v) is 17.1. The van der Waals surface area contributed by atoms with Gasteiger partial charge in [0.2, 0.25) is 0 Å². The number of rotatable bonds is 6. The van der Waals surface area contributed by atoms with Gasteiger partial charge in [-0.05, 0) is 34.8 Å². The Kier molecular flexibility index (Phi) is 12.0. The molecule has 1 aromatic rings. The second-order valence-corrected chi connectivity index (χ2v) is 7.75. The Balaban J connectivity index is 0.000000561. The molecule has 0 bridgehead atoms. The SMILES string of the molecule is CC(C)/C=C/C(C)C.CC(C)/C=C/c1ccc(/C=C/C(C)C)cc1. The molecule has 0 fully saturated rings. The van der Waals surface area contributed by atoms with E-state index >= 15 is 0 Å². The van der Waals surface area contributed by atoms with Crippen LogP contribution in [0.25, 0.3) is 12.2 Å². The van der Waals surface area contributed by atoms with Gasteiger partial charge >= 0.3 is 0 Å². The number of benzene rings is 1. The molecule has 0 saturated heterocycles. The Labute approximate surface area is 151 Å². The van der Waals surface area contributed by atoms with Gasteiger partial charge in [-0.2, -0.15) is 0 Å². The highest BCUT2D eigenvalue weighted by atomic mass is 14.0. The highest BCUT2D eigenvalue weighted by Gasteiger charge is 1.90. The van der Waals surface area contributed by atoms with Crippen LogP contribution >= 0.6 is 0 Å². The van der Waals surface area contributed by atoms with E-state index in [1.54, 1.807) is 0 Å². The van der Waals surface area contributed by atoms with Crippen LogP contribution < -0.4 is 0 Å². The van der Waals surface area contributed by atoms with Gasteiger partial charge in [0.1, 0.15) is 0 Å². The number of hydrogen-bond acceptors (Lipinski definition) is 0. The summed E-state index contributed by atoms with van der Waals surface area (Å²) in [6, 6.07) is 8.66. The molecule has 0 amide bonds. The highest BCUT2D eigenvalue weighted by molar-refractivity contribution is 5.55. The first kappa shape index (κ1) is 22.4. The molecule has 1 aromatic carbocycles. The topological polar surface area (TPSA) is 0 Å². The van der Waals surface area contributed by atoms with Crippen molar-refractivity contribution in [2.45, 2.75) is 55.4 Å². The number of hydrogen-bond donors (Lipinski definition) is 0. The van der Waals surface area contributed by atoms with Crippen molar-refractivity contribution in [2.24, 2.45) is 23.7 Å². The van der Waals surface area contributed by atoms with E-state index in [1.165, 1.54) is 11.1 Å². The lowest BCUT2D eigenvalue weighted by Crippen LogP contribution is -1.81. The average molecular weight is 327 g/mol. The summed E-state index contributed by atoms with van der Waals surface area (Å²) in [5, 5.41) is 0. The molecule has 0 saturated carbocycles. The van der Waals surface area contributed by atoms with E-state index in [-0.39, 0.29) is 0 Å². The third-order valence-corrected chi connectivity index (χ3v) is 3.16. The van der Waals surface area contributed by atoms with Crippen molar-refractivity contribution in [3.05, 3.63) is 59.7 Å². The molecule has 0 atom stereocenters. The van der Waals surface area contributed by atoms with Gasteiger partial charge in [-0.3, -0.25) is 0 Å². The van der Waals surface area contributed by atoms with E-state index in [0.717, 1.165) is 0 Å². The fraction of sp³-hybridized carbons (Fsp3) is 0.500. The summed E-state index contributed by atoms with van der Waals surface area (Å²) in [5.41, 5.74) is 2.55. The number of allylic oxidation sites excluding steroid dienone is 4. The van der Waals surface area contributed by atoms with E-state index in [9.17, 15) is 0 Å². The van der Waals surface area contributed by atoms with Crippen molar-refractivity contribution < 1.29 is 0 Å². The highest BCUT2D eigenvalue weighted by Crippen LogP contribution is 2.10. The first-order chi connectivity index (χ1) is 11.2. The van der Waals surface area contributed by atoms with Crippen LogP contribution in [0.5, 0.6) is 0 Å². The lowest BCUT2D eigenvalue weighted by molar-refractivity contribution is 0.780. The first-order valence-corrected chi connectivity index (χ1v) is 9.35. The molecule has 0 heterocycles. The van der Waals surface area contributed by atoms with Gasteiger partial charge < -0.3 is 0 Å². The second kappa shape index (κ2) is 12.8. The van der Waals surface area contributed by atoms with Gasteiger partial charge in [0.05, 0.1) is 0 Å². The van der Waals surface area contributed by atoms with Crippen LogP contribution in [0.3, 0.4) is 0 Å². The van der Waals surface area contributed by atoms with Crippen molar-refractivity contribution >= 4 is 12.2 Å². The van der Waals surface area contributed by atoms with Crippen molar-refractivity contribution in [3.63, 3.8) is 0 Å². The summed E-state index contributed by atoms with van der Waals surface area (Å²) in [7, 11) is 0. The van der Waals surface area contributed by atoms with Crippen LogP contribution in [0.4, 0.5) is 0 Å². The summed E-state index contributed by atoms with van der Waals surface area (Å²) < 4.78 is 0. The van der Waals surface area contributed by atoms with E-state index in [0.29, 0.717) is 23.7 Å². The maximum absolute atomic E-state index is 2.24. The minimum Gasteiger partial charge on any atom is -0.0857 e. The maximum atomic E-state index is 2.24. The van der Waals surface area contributed by atoms with Gasteiger partial charge in [0.25, 0.3) is 0 Å². The van der Waals surface area contributed by atoms with E-state index < -0.39 is 0 Å². The van der Waals surface area contributed by atoms with Gasteiger partial charge in [-0.25, -0.2) is 0 Å². The molecular weight excluding hydrogens is 288 g/mol. The van der Waals surface area contributed by atoms with Gasteiger partial charge in [0.15, 0.2) is 0 Å². The monoisotopic (exact) mass is 326 g/mol. The van der Waals surface area contributed by atoms with Crippen molar-refractivity contribution in [1.82, 2.24) is 0 Å². The molecule has 0 aliphatic carbocycles. The summed E-state index contributed by atoms with van der Waals surface area (Å²) in [6.07, 6.45) is 13.3. The Bertz CT molecular complexity index is 446. The molecule has 24 heavy (non-hydrogen) atoms. The molecule has 0 aliphatic rings. The third kappa shape index (κ3) is 14.1.